The fourth-order valence-electron chi connectivity index (χ4n) is 3.01. The summed E-state index contributed by atoms with van der Waals surface area (Å²) in [6.45, 7) is 3.28. The predicted molar refractivity (Wildman–Crippen MR) is 97.8 cm³/mol. The Labute approximate surface area is 172 Å². The third kappa shape index (κ3) is 6.10. The number of rotatable bonds is 8. The quantitative estimate of drug-likeness (QED) is 0.420. The van der Waals surface area contributed by atoms with E-state index in [4.69, 9.17) is 11.5 Å². The largest absolute Gasteiger partial charge is 0.390 e. The molecule has 0 unspecified atom stereocenters. The van der Waals surface area contributed by atoms with Crippen LogP contribution in [0.3, 0.4) is 0 Å². The highest BCUT2D eigenvalue weighted by molar-refractivity contribution is 5.96. The predicted octanol–water partition coefficient (Wildman–Crippen LogP) is 2.47. The topological polar surface area (TPSA) is 101 Å². The van der Waals surface area contributed by atoms with E-state index in [0.717, 1.165) is 17.3 Å². The zero-order valence-corrected chi connectivity index (χ0v) is 15.9. The third-order valence-electron chi connectivity index (χ3n) is 4.35. The summed E-state index contributed by atoms with van der Waals surface area (Å²) >= 11 is 0. The standard InChI is InChI=1S/C19H18F6N4O2/c1-2-12(7-19(23,24)25)28-29-8-10(17(26)30)3-9(16(29)18(27)31)4-13-14(21)5-11(20)6-15(13)22/h2,5-6,8,12,28H,1,3-4,7H2,(H2,26,30)(H2,27,31)/t12-/m0/s1. The van der Waals surface area contributed by atoms with Gasteiger partial charge in [-0.2, -0.15) is 13.2 Å². The molecule has 1 atom stereocenters. The van der Waals surface area contributed by atoms with Crippen molar-refractivity contribution in [2.24, 2.45) is 11.5 Å². The van der Waals surface area contributed by atoms with Crippen molar-refractivity contribution in [3.8, 4) is 0 Å². The fraction of sp³-hybridized carbons (Fsp3) is 0.263. The van der Waals surface area contributed by atoms with Crippen LogP contribution < -0.4 is 16.9 Å². The number of carbonyl (C=O) groups is 2. The smallest absolute Gasteiger partial charge is 0.366 e. The van der Waals surface area contributed by atoms with E-state index in [2.05, 4.69) is 12.0 Å². The normalized spacial score (nSPS) is 15.5. The zero-order valence-electron chi connectivity index (χ0n) is 15.9. The lowest BCUT2D eigenvalue weighted by atomic mass is 9.93. The van der Waals surface area contributed by atoms with Gasteiger partial charge < -0.3 is 11.5 Å². The molecule has 168 valence electrons. The molecule has 0 spiro atoms. The summed E-state index contributed by atoms with van der Waals surface area (Å²) in [5, 5.41) is 0.749. The van der Waals surface area contributed by atoms with Crippen molar-refractivity contribution in [2.45, 2.75) is 31.5 Å². The summed E-state index contributed by atoms with van der Waals surface area (Å²) in [6.07, 6.45) is -5.09. The number of nitrogens with one attached hydrogen (secondary N) is 1. The molecule has 0 aromatic heterocycles. The van der Waals surface area contributed by atoms with Gasteiger partial charge in [-0.05, 0) is 5.57 Å². The van der Waals surface area contributed by atoms with Gasteiger partial charge in [0.2, 0.25) is 5.91 Å². The first kappa shape index (κ1) is 24.0. The van der Waals surface area contributed by atoms with E-state index in [1.165, 1.54) is 0 Å². The van der Waals surface area contributed by atoms with Gasteiger partial charge >= 0.3 is 6.18 Å². The summed E-state index contributed by atoms with van der Waals surface area (Å²) in [4.78, 5) is 23.8. The lowest BCUT2D eigenvalue weighted by Gasteiger charge is -2.33. The third-order valence-corrected chi connectivity index (χ3v) is 4.35. The first-order valence-corrected chi connectivity index (χ1v) is 8.72. The van der Waals surface area contributed by atoms with E-state index in [9.17, 15) is 35.9 Å². The lowest BCUT2D eigenvalue weighted by Crippen LogP contribution is -2.47. The van der Waals surface area contributed by atoms with Crippen molar-refractivity contribution < 1.29 is 35.9 Å². The molecule has 5 N–H and O–H groups in total. The molecule has 1 aliphatic heterocycles. The Kier molecular flexibility index (Phi) is 7.16. The van der Waals surface area contributed by atoms with Gasteiger partial charge in [0.15, 0.2) is 0 Å². The summed E-state index contributed by atoms with van der Waals surface area (Å²) in [6, 6.07) is -0.605. The molecule has 12 heteroatoms. The van der Waals surface area contributed by atoms with Crippen LogP contribution in [-0.4, -0.2) is 29.0 Å². The van der Waals surface area contributed by atoms with E-state index in [1.807, 2.05) is 0 Å². The number of primary amides is 2. The van der Waals surface area contributed by atoms with Gasteiger partial charge in [-0.1, -0.05) is 6.08 Å². The SMILES string of the molecule is C=C[C@@H](CC(F)(F)F)NN1C=C(C(N)=O)CC(Cc2c(F)cc(F)cc2F)=C1C(N)=O. The number of allylic oxidation sites excluding steroid dienone is 1. The molecule has 2 amide bonds. The minimum atomic E-state index is -4.60. The van der Waals surface area contributed by atoms with Crippen LogP contribution in [0.5, 0.6) is 0 Å². The average Bonchev–Trinajstić information content (AvgIpc) is 2.62. The number of nitrogens with two attached hydrogens (primary N) is 2. The first-order chi connectivity index (χ1) is 14.3. The molecule has 0 aliphatic carbocycles. The highest BCUT2D eigenvalue weighted by atomic mass is 19.4. The van der Waals surface area contributed by atoms with E-state index in [0.29, 0.717) is 12.1 Å². The van der Waals surface area contributed by atoms with Crippen molar-refractivity contribution in [1.82, 2.24) is 10.4 Å². The Morgan fingerprint density at radius 2 is 1.74 bits per heavy atom. The van der Waals surface area contributed by atoms with Gasteiger partial charge in [0.05, 0.1) is 12.5 Å². The Morgan fingerprint density at radius 1 is 1.16 bits per heavy atom. The molecule has 1 heterocycles. The van der Waals surface area contributed by atoms with Crippen molar-refractivity contribution in [3.05, 3.63) is 70.8 Å². The Hall–Kier alpha value is -3.28. The number of hydrogen-bond donors (Lipinski definition) is 3. The number of hydrazine groups is 1. The molecule has 6 nitrogen and oxygen atoms in total. The molecule has 0 bridgehead atoms. The van der Waals surface area contributed by atoms with Gasteiger partial charge in [-0.3, -0.25) is 14.6 Å². The molecule has 31 heavy (non-hydrogen) atoms. The molecule has 1 aromatic carbocycles. The van der Waals surface area contributed by atoms with Crippen LogP contribution in [-0.2, 0) is 16.0 Å². The molecule has 2 rings (SSSR count). The van der Waals surface area contributed by atoms with Crippen molar-refractivity contribution in [1.29, 1.82) is 0 Å². The molecule has 1 aliphatic rings. The second-order valence-corrected chi connectivity index (χ2v) is 6.70. The second kappa shape index (κ2) is 9.25. The number of nitrogens with zero attached hydrogens (tertiary/aromatic N) is 1. The lowest BCUT2D eigenvalue weighted by molar-refractivity contribution is -0.139. The molecule has 0 radical (unpaired) electrons. The van der Waals surface area contributed by atoms with Crippen molar-refractivity contribution in [2.75, 3.05) is 0 Å². The van der Waals surface area contributed by atoms with E-state index >= 15 is 0 Å². The Balaban J connectivity index is 2.52. The summed E-state index contributed by atoms with van der Waals surface area (Å²) < 4.78 is 79.7. The van der Waals surface area contributed by atoms with Gasteiger partial charge in [0.25, 0.3) is 5.91 Å². The van der Waals surface area contributed by atoms with Crippen LogP contribution in [0.4, 0.5) is 26.3 Å². The maximum Gasteiger partial charge on any atom is 0.390 e. The number of hydrogen-bond acceptors (Lipinski definition) is 4. The van der Waals surface area contributed by atoms with Crippen LogP contribution in [0.15, 0.2) is 47.8 Å². The van der Waals surface area contributed by atoms with Gasteiger partial charge in [-0.25, -0.2) is 18.6 Å². The highest BCUT2D eigenvalue weighted by Gasteiger charge is 2.34. The van der Waals surface area contributed by atoms with Crippen molar-refractivity contribution in [3.63, 3.8) is 0 Å². The second-order valence-electron chi connectivity index (χ2n) is 6.70. The molecule has 0 saturated carbocycles. The zero-order chi connectivity index (χ0) is 23.5. The van der Waals surface area contributed by atoms with E-state index < -0.39 is 65.6 Å². The molecule has 1 aromatic rings. The van der Waals surface area contributed by atoms with Crippen LogP contribution in [0, 0.1) is 17.5 Å². The van der Waals surface area contributed by atoms with Crippen LogP contribution in [0.25, 0.3) is 0 Å². The Bertz CT molecular complexity index is 948. The van der Waals surface area contributed by atoms with Crippen molar-refractivity contribution >= 4 is 11.8 Å². The number of benzene rings is 1. The Morgan fingerprint density at radius 3 is 2.19 bits per heavy atom. The summed E-state index contributed by atoms with van der Waals surface area (Å²) in [5.74, 6) is -5.83. The van der Waals surface area contributed by atoms with E-state index in [-0.39, 0.29) is 17.6 Å². The molecular weight excluding hydrogens is 430 g/mol. The monoisotopic (exact) mass is 448 g/mol. The fourth-order valence-corrected chi connectivity index (χ4v) is 3.01. The van der Waals surface area contributed by atoms with Gasteiger partial charge in [0.1, 0.15) is 23.1 Å². The van der Waals surface area contributed by atoms with Crippen LogP contribution in [0.1, 0.15) is 18.4 Å². The minimum Gasteiger partial charge on any atom is -0.366 e. The molecule has 0 saturated heterocycles. The number of halogens is 6. The average molecular weight is 448 g/mol. The summed E-state index contributed by atoms with van der Waals surface area (Å²) in [7, 11) is 0. The summed E-state index contributed by atoms with van der Waals surface area (Å²) in [5.41, 5.74) is 11.6. The number of alkyl halides is 3. The van der Waals surface area contributed by atoms with Gasteiger partial charge in [0, 0.05) is 42.3 Å². The minimum absolute atomic E-state index is 0.115. The first-order valence-electron chi connectivity index (χ1n) is 8.72. The maximum atomic E-state index is 14.1. The molecule has 0 fully saturated rings. The van der Waals surface area contributed by atoms with Crippen LogP contribution >= 0.6 is 0 Å². The maximum absolute atomic E-state index is 14.1. The highest BCUT2D eigenvalue weighted by Crippen LogP contribution is 2.30. The number of carbonyl (C=O) groups excluding carboxylic acids is 2. The van der Waals surface area contributed by atoms with Gasteiger partial charge in [-0.15, -0.1) is 6.58 Å². The van der Waals surface area contributed by atoms with Crippen LogP contribution in [0.2, 0.25) is 0 Å². The van der Waals surface area contributed by atoms with E-state index in [1.54, 1.807) is 0 Å². The molecular formula is C19H18F6N4O2. The number of amides is 2.